The summed E-state index contributed by atoms with van der Waals surface area (Å²) in [5.74, 6) is 4.41. The largest absolute Gasteiger partial charge is 0.390 e. The van der Waals surface area contributed by atoms with Gasteiger partial charge >= 0.3 is 0 Å². The smallest absolute Gasteiger partial charge is 0.266 e. The van der Waals surface area contributed by atoms with Crippen LogP contribution >= 0.6 is 11.6 Å². The highest BCUT2D eigenvalue weighted by atomic mass is 35.5. The van der Waals surface area contributed by atoms with Gasteiger partial charge in [-0.3, -0.25) is 10.2 Å². The van der Waals surface area contributed by atoms with Gasteiger partial charge in [0.25, 0.3) is 5.91 Å². The SMILES string of the molecule is NNC(=O)c1ccccc1S(=O)(=O)NCC1CC(c2ccccc2Cl)=NO1. The van der Waals surface area contributed by atoms with Crippen molar-refractivity contribution < 1.29 is 18.0 Å². The summed E-state index contributed by atoms with van der Waals surface area (Å²) in [6, 6.07) is 13.0. The number of carbonyl (C=O) groups excluding carboxylic acids is 1. The average molecular weight is 409 g/mol. The Morgan fingerprint density at radius 1 is 1.22 bits per heavy atom. The number of nitrogens with zero attached hydrogens (tertiary/aromatic N) is 1. The second-order valence-electron chi connectivity index (χ2n) is 5.77. The van der Waals surface area contributed by atoms with Gasteiger partial charge in [0.05, 0.1) is 22.7 Å². The van der Waals surface area contributed by atoms with Gasteiger partial charge in [-0.2, -0.15) is 0 Å². The van der Waals surface area contributed by atoms with Crippen LogP contribution in [0.4, 0.5) is 0 Å². The second kappa shape index (κ2) is 8.05. The Labute approximate surface area is 161 Å². The molecule has 27 heavy (non-hydrogen) atoms. The predicted molar refractivity (Wildman–Crippen MR) is 101 cm³/mol. The van der Waals surface area contributed by atoms with Gasteiger partial charge in [-0.25, -0.2) is 19.0 Å². The number of nitrogen functional groups attached to an aromatic ring is 1. The van der Waals surface area contributed by atoms with Crippen LogP contribution in [0.15, 0.2) is 58.6 Å². The summed E-state index contributed by atoms with van der Waals surface area (Å²) in [6.07, 6.45) is -0.0847. The quantitative estimate of drug-likeness (QED) is 0.379. The highest BCUT2D eigenvalue weighted by Crippen LogP contribution is 2.23. The lowest BCUT2D eigenvalue weighted by molar-refractivity contribution is 0.0891. The number of amides is 1. The van der Waals surface area contributed by atoms with Crippen LogP contribution in [0.1, 0.15) is 22.3 Å². The summed E-state index contributed by atoms with van der Waals surface area (Å²) in [5.41, 5.74) is 3.28. The van der Waals surface area contributed by atoms with Gasteiger partial charge in [0, 0.05) is 17.0 Å². The monoisotopic (exact) mass is 408 g/mol. The molecule has 1 aliphatic rings. The van der Waals surface area contributed by atoms with Crippen molar-refractivity contribution in [2.75, 3.05) is 6.54 Å². The molecule has 2 aromatic carbocycles. The van der Waals surface area contributed by atoms with E-state index in [1.54, 1.807) is 12.1 Å². The predicted octanol–water partition coefficient (Wildman–Crippen LogP) is 1.42. The van der Waals surface area contributed by atoms with Crippen molar-refractivity contribution >= 4 is 33.2 Å². The molecule has 142 valence electrons. The van der Waals surface area contributed by atoms with E-state index < -0.39 is 22.0 Å². The Hall–Kier alpha value is -2.46. The van der Waals surface area contributed by atoms with Crippen LogP contribution < -0.4 is 16.0 Å². The van der Waals surface area contributed by atoms with Crippen molar-refractivity contribution in [3.63, 3.8) is 0 Å². The normalized spacial score (nSPS) is 16.5. The third-order valence-electron chi connectivity index (χ3n) is 3.97. The maximum Gasteiger partial charge on any atom is 0.266 e. The first-order valence-electron chi connectivity index (χ1n) is 7.99. The molecule has 1 aliphatic heterocycles. The lowest BCUT2D eigenvalue weighted by Crippen LogP contribution is -2.35. The van der Waals surface area contributed by atoms with E-state index in [-0.39, 0.29) is 17.0 Å². The molecule has 1 unspecified atom stereocenters. The van der Waals surface area contributed by atoms with Gasteiger partial charge in [0.2, 0.25) is 10.0 Å². The number of nitrogens with two attached hydrogens (primary N) is 1. The van der Waals surface area contributed by atoms with E-state index in [9.17, 15) is 13.2 Å². The molecule has 0 spiro atoms. The van der Waals surface area contributed by atoms with Crippen molar-refractivity contribution in [2.24, 2.45) is 11.0 Å². The molecule has 0 fully saturated rings. The number of oxime groups is 1. The third kappa shape index (κ3) is 4.28. The van der Waals surface area contributed by atoms with E-state index >= 15 is 0 Å². The average Bonchev–Trinajstić information content (AvgIpc) is 3.15. The molecular formula is C17H17ClN4O4S. The van der Waals surface area contributed by atoms with E-state index in [1.807, 2.05) is 23.6 Å². The number of hydrogen-bond donors (Lipinski definition) is 3. The number of halogens is 1. The molecule has 0 bridgehead atoms. The standard InChI is InChI=1S/C17H17ClN4O4S/c18-14-7-3-1-5-12(14)15-9-11(26-22-15)10-20-27(24,25)16-8-4-2-6-13(16)17(23)21-19/h1-8,11,20H,9-10,19H2,(H,21,23). The van der Waals surface area contributed by atoms with Crippen LogP contribution in [0.5, 0.6) is 0 Å². The molecule has 10 heteroatoms. The summed E-state index contributed by atoms with van der Waals surface area (Å²) in [5, 5.41) is 4.54. The van der Waals surface area contributed by atoms with Crippen molar-refractivity contribution in [1.82, 2.24) is 10.1 Å². The minimum atomic E-state index is -3.95. The molecule has 0 aliphatic carbocycles. The number of nitrogens with one attached hydrogen (secondary N) is 2. The summed E-state index contributed by atoms with van der Waals surface area (Å²) in [6.45, 7) is -0.0155. The van der Waals surface area contributed by atoms with E-state index in [0.717, 1.165) is 5.56 Å². The van der Waals surface area contributed by atoms with Crippen LogP contribution in [0, 0.1) is 0 Å². The first kappa shape index (κ1) is 19.3. The maximum absolute atomic E-state index is 12.6. The molecule has 3 rings (SSSR count). The number of hydrazine groups is 1. The molecule has 1 heterocycles. The molecule has 4 N–H and O–H groups in total. The van der Waals surface area contributed by atoms with Crippen LogP contribution in [0.2, 0.25) is 5.02 Å². The number of sulfonamides is 1. The summed E-state index contributed by atoms with van der Waals surface area (Å²) >= 11 is 6.15. The van der Waals surface area contributed by atoms with Crippen molar-refractivity contribution in [1.29, 1.82) is 0 Å². The molecular weight excluding hydrogens is 392 g/mol. The molecule has 0 radical (unpaired) electrons. The van der Waals surface area contributed by atoms with Gasteiger partial charge in [0.1, 0.15) is 6.10 Å². The second-order valence-corrected chi connectivity index (χ2v) is 7.91. The third-order valence-corrected chi connectivity index (χ3v) is 5.78. The first-order valence-corrected chi connectivity index (χ1v) is 9.85. The topological polar surface area (TPSA) is 123 Å². The maximum atomic E-state index is 12.6. The van der Waals surface area contributed by atoms with Crippen LogP contribution in [0.25, 0.3) is 0 Å². The Morgan fingerprint density at radius 2 is 1.93 bits per heavy atom. The summed E-state index contributed by atoms with van der Waals surface area (Å²) in [4.78, 5) is 16.9. The number of rotatable bonds is 6. The fraction of sp³-hybridized carbons (Fsp3) is 0.176. The summed E-state index contributed by atoms with van der Waals surface area (Å²) < 4.78 is 27.6. The molecule has 1 atom stereocenters. The number of carbonyl (C=O) groups is 1. The molecule has 1 amide bonds. The van der Waals surface area contributed by atoms with Gasteiger partial charge in [-0.1, -0.05) is 47.1 Å². The van der Waals surface area contributed by atoms with E-state index in [4.69, 9.17) is 22.3 Å². The van der Waals surface area contributed by atoms with Crippen LogP contribution in [-0.4, -0.2) is 32.7 Å². The van der Waals surface area contributed by atoms with Crippen molar-refractivity contribution in [3.8, 4) is 0 Å². The fourth-order valence-electron chi connectivity index (χ4n) is 2.64. The fourth-order valence-corrected chi connectivity index (χ4v) is 4.15. The zero-order valence-electron chi connectivity index (χ0n) is 14.1. The van der Waals surface area contributed by atoms with Crippen LogP contribution in [0.3, 0.4) is 0 Å². The lowest BCUT2D eigenvalue weighted by Gasteiger charge is -2.13. The highest BCUT2D eigenvalue weighted by molar-refractivity contribution is 7.89. The Bertz CT molecular complexity index is 994. The van der Waals surface area contributed by atoms with E-state index in [2.05, 4.69) is 9.88 Å². The van der Waals surface area contributed by atoms with Gasteiger partial charge in [-0.15, -0.1) is 0 Å². The lowest BCUT2D eigenvalue weighted by atomic mass is 10.1. The number of benzene rings is 2. The van der Waals surface area contributed by atoms with Crippen molar-refractivity contribution in [2.45, 2.75) is 17.4 Å². The van der Waals surface area contributed by atoms with E-state index in [0.29, 0.717) is 17.2 Å². The Kier molecular flexibility index (Phi) is 5.76. The zero-order chi connectivity index (χ0) is 19.4. The minimum Gasteiger partial charge on any atom is -0.390 e. The Morgan fingerprint density at radius 3 is 2.67 bits per heavy atom. The van der Waals surface area contributed by atoms with Crippen molar-refractivity contribution in [3.05, 3.63) is 64.7 Å². The van der Waals surface area contributed by atoms with Gasteiger partial charge in [0.15, 0.2) is 0 Å². The van der Waals surface area contributed by atoms with Gasteiger partial charge < -0.3 is 4.84 Å². The molecule has 0 saturated heterocycles. The van der Waals surface area contributed by atoms with E-state index in [1.165, 1.54) is 18.2 Å². The molecule has 0 aromatic heterocycles. The highest BCUT2D eigenvalue weighted by Gasteiger charge is 2.27. The van der Waals surface area contributed by atoms with Crippen LogP contribution in [-0.2, 0) is 14.9 Å². The summed E-state index contributed by atoms with van der Waals surface area (Å²) in [7, 11) is -3.95. The van der Waals surface area contributed by atoms with Gasteiger partial charge in [-0.05, 0) is 18.2 Å². The molecule has 0 saturated carbocycles. The minimum absolute atomic E-state index is 0.0155. The molecule has 2 aromatic rings. The zero-order valence-corrected chi connectivity index (χ0v) is 15.6. The number of hydrogen-bond acceptors (Lipinski definition) is 6. The molecule has 8 nitrogen and oxygen atoms in total. The Balaban J connectivity index is 1.68. The first-order chi connectivity index (χ1) is 12.9.